The van der Waals surface area contributed by atoms with E-state index in [-0.39, 0.29) is 12.5 Å². The molecule has 0 aromatic carbocycles. The predicted molar refractivity (Wildman–Crippen MR) is 95.0 cm³/mol. The van der Waals surface area contributed by atoms with E-state index in [1.165, 1.54) is 7.11 Å². The van der Waals surface area contributed by atoms with E-state index < -0.39 is 0 Å². The maximum atomic E-state index is 11.8. The Morgan fingerprint density at radius 2 is 1.96 bits per heavy atom. The quantitative estimate of drug-likeness (QED) is 0.874. The molecular formula is C17H22N6O2. The Morgan fingerprint density at radius 1 is 1.16 bits per heavy atom. The van der Waals surface area contributed by atoms with E-state index in [2.05, 4.69) is 25.4 Å². The highest BCUT2D eigenvalue weighted by Crippen LogP contribution is 2.17. The lowest BCUT2D eigenvalue weighted by Gasteiger charge is -2.35. The van der Waals surface area contributed by atoms with Crippen LogP contribution in [0, 0.1) is 6.92 Å². The second kappa shape index (κ2) is 7.89. The van der Waals surface area contributed by atoms with E-state index in [1.54, 1.807) is 6.20 Å². The number of amides is 1. The van der Waals surface area contributed by atoms with Crippen LogP contribution in [0.3, 0.4) is 0 Å². The van der Waals surface area contributed by atoms with E-state index in [1.807, 2.05) is 36.1 Å². The Labute approximate surface area is 146 Å². The van der Waals surface area contributed by atoms with E-state index in [0.29, 0.717) is 18.9 Å². The molecule has 1 aliphatic rings. The van der Waals surface area contributed by atoms with Crippen LogP contribution in [-0.2, 0) is 9.53 Å². The minimum Gasteiger partial charge on any atom is -0.375 e. The first-order valence-corrected chi connectivity index (χ1v) is 8.21. The Kier molecular flexibility index (Phi) is 5.39. The van der Waals surface area contributed by atoms with Crippen molar-refractivity contribution in [3.63, 3.8) is 0 Å². The Bertz CT molecular complexity index is 713. The lowest BCUT2D eigenvalue weighted by Crippen LogP contribution is -2.50. The first-order valence-electron chi connectivity index (χ1n) is 8.21. The molecule has 2 aromatic heterocycles. The van der Waals surface area contributed by atoms with Crippen molar-refractivity contribution < 1.29 is 9.53 Å². The number of pyridine rings is 1. The van der Waals surface area contributed by atoms with Crippen molar-refractivity contribution in [2.24, 2.45) is 0 Å². The van der Waals surface area contributed by atoms with Crippen LogP contribution < -0.4 is 10.2 Å². The van der Waals surface area contributed by atoms with Crippen LogP contribution in [0.2, 0.25) is 0 Å². The van der Waals surface area contributed by atoms with Crippen molar-refractivity contribution in [1.29, 1.82) is 0 Å². The van der Waals surface area contributed by atoms with Gasteiger partial charge in [-0.05, 0) is 36.8 Å². The van der Waals surface area contributed by atoms with E-state index in [0.717, 1.165) is 30.3 Å². The van der Waals surface area contributed by atoms with Gasteiger partial charge in [0.15, 0.2) is 11.6 Å². The fourth-order valence-electron chi connectivity index (χ4n) is 2.70. The largest absolute Gasteiger partial charge is 0.375 e. The van der Waals surface area contributed by atoms with Gasteiger partial charge in [-0.1, -0.05) is 0 Å². The summed E-state index contributed by atoms with van der Waals surface area (Å²) >= 11 is 0. The highest BCUT2D eigenvalue weighted by molar-refractivity contribution is 5.77. The lowest BCUT2D eigenvalue weighted by atomic mass is 10.3. The number of ether oxygens (including phenoxy) is 1. The van der Waals surface area contributed by atoms with Gasteiger partial charge in [-0.25, -0.2) is 4.98 Å². The van der Waals surface area contributed by atoms with Crippen molar-refractivity contribution in [2.45, 2.75) is 6.92 Å². The number of aromatic nitrogens is 3. The molecule has 25 heavy (non-hydrogen) atoms. The molecule has 1 N–H and O–H groups in total. The van der Waals surface area contributed by atoms with Crippen LogP contribution in [0.15, 0.2) is 30.5 Å². The summed E-state index contributed by atoms with van der Waals surface area (Å²) in [5.74, 6) is 2.23. The fourth-order valence-corrected chi connectivity index (χ4v) is 2.70. The van der Waals surface area contributed by atoms with Gasteiger partial charge in [-0.2, -0.15) is 0 Å². The molecule has 0 spiro atoms. The normalized spacial score (nSPS) is 14.5. The van der Waals surface area contributed by atoms with Crippen molar-refractivity contribution >= 4 is 23.4 Å². The molecule has 1 fully saturated rings. The van der Waals surface area contributed by atoms with E-state index >= 15 is 0 Å². The zero-order valence-corrected chi connectivity index (χ0v) is 14.5. The molecule has 1 saturated heterocycles. The minimum absolute atomic E-state index is 0.0263. The summed E-state index contributed by atoms with van der Waals surface area (Å²) in [6.07, 6.45) is 1.75. The van der Waals surface area contributed by atoms with Crippen LogP contribution in [-0.4, -0.2) is 65.9 Å². The number of nitrogens with one attached hydrogen (secondary N) is 1. The molecule has 0 atom stereocenters. The number of hydrogen-bond acceptors (Lipinski definition) is 7. The van der Waals surface area contributed by atoms with Crippen LogP contribution in [0.25, 0.3) is 0 Å². The second-order valence-electron chi connectivity index (χ2n) is 5.92. The number of rotatable bonds is 5. The molecule has 8 nitrogen and oxygen atoms in total. The highest BCUT2D eigenvalue weighted by atomic mass is 16.5. The van der Waals surface area contributed by atoms with Gasteiger partial charge >= 0.3 is 0 Å². The third-order valence-electron chi connectivity index (χ3n) is 4.05. The van der Waals surface area contributed by atoms with Gasteiger partial charge in [0.05, 0.1) is 0 Å². The Balaban J connectivity index is 1.57. The summed E-state index contributed by atoms with van der Waals surface area (Å²) in [7, 11) is 1.53. The number of carbonyl (C=O) groups excluding carboxylic acids is 1. The molecule has 132 valence electrons. The molecule has 1 aliphatic heterocycles. The molecule has 0 radical (unpaired) electrons. The molecule has 8 heteroatoms. The molecule has 0 bridgehead atoms. The van der Waals surface area contributed by atoms with Gasteiger partial charge < -0.3 is 19.9 Å². The monoisotopic (exact) mass is 342 g/mol. The van der Waals surface area contributed by atoms with Crippen molar-refractivity contribution in [3.8, 4) is 0 Å². The van der Waals surface area contributed by atoms with Crippen LogP contribution in [0.5, 0.6) is 0 Å². The van der Waals surface area contributed by atoms with E-state index in [4.69, 9.17) is 4.74 Å². The maximum Gasteiger partial charge on any atom is 0.248 e. The number of anilines is 3. The maximum absolute atomic E-state index is 11.8. The smallest absolute Gasteiger partial charge is 0.248 e. The summed E-state index contributed by atoms with van der Waals surface area (Å²) in [5, 5.41) is 11.6. The summed E-state index contributed by atoms with van der Waals surface area (Å²) in [5.41, 5.74) is 1.13. The van der Waals surface area contributed by atoms with Gasteiger partial charge in [-0.15, -0.1) is 10.2 Å². The Hall–Kier alpha value is -2.74. The number of methoxy groups -OCH3 is 1. The third-order valence-corrected chi connectivity index (χ3v) is 4.05. The molecular weight excluding hydrogens is 320 g/mol. The minimum atomic E-state index is 0.0263. The average Bonchev–Trinajstić information content (AvgIpc) is 2.63. The van der Waals surface area contributed by atoms with Gasteiger partial charge in [0.2, 0.25) is 5.91 Å². The zero-order chi connectivity index (χ0) is 17.6. The van der Waals surface area contributed by atoms with Crippen molar-refractivity contribution in [1.82, 2.24) is 20.1 Å². The highest BCUT2D eigenvalue weighted by Gasteiger charge is 2.21. The van der Waals surface area contributed by atoms with Crippen molar-refractivity contribution in [3.05, 3.63) is 36.0 Å². The first kappa shape index (κ1) is 17.1. The molecule has 0 saturated carbocycles. The molecule has 0 unspecified atom stereocenters. The summed E-state index contributed by atoms with van der Waals surface area (Å²) < 4.78 is 4.90. The standard InChI is InChI=1S/C17H22N6O2/c1-13-5-6-18-15(11-13)19-14-3-4-16(21-20-14)22-7-9-23(10-8-22)17(24)12-25-2/h3-6,11H,7-10,12H2,1-2H3,(H,18,19,20). The Morgan fingerprint density at radius 3 is 2.60 bits per heavy atom. The van der Waals surface area contributed by atoms with Crippen LogP contribution >= 0.6 is 0 Å². The lowest BCUT2D eigenvalue weighted by molar-refractivity contribution is -0.135. The number of carbonyl (C=O) groups is 1. The summed E-state index contributed by atoms with van der Waals surface area (Å²) in [6.45, 7) is 4.94. The SMILES string of the molecule is COCC(=O)N1CCN(c2ccc(Nc3cc(C)ccn3)nn2)CC1. The number of aryl methyl sites for hydroxylation is 1. The van der Waals surface area contributed by atoms with Gasteiger partial charge in [0, 0.05) is 39.5 Å². The van der Waals surface area contributed by atoms with Crippen molar-refractivity contribution in [2.75, 3.05) is 50.1 Å². The molecule has 3 rings (SSSR count). The number of hydrogen-bond donors (Lipinski definition) is 1. The van der Waals surface area contributed by atoms with Crippen LogP contribution in [0.4, 0.5) is 17.5 Å². The molecule has 3 heterocycles. The second-order valence-corrected chi connectivity index (χ2v) is 5.92. The van der Waals surface area contributed by atoms with Gasteiger partial charge in [0.25, 0.3) is 0 Å². The number of nitrogens with zero attached hydrogens (tertiary/aromatic N) is 5. The van der Waals surface area contributed by atoms with Gasteiger partial charge in [0.1, 0.15) is 12.4 Å². The first-order chi connectivity index (χ1) is 12.2. The summed E-state index contributed by atoms with van der Waals surface area (Å²) in [4.78, 5) is 20.0. The molecule has 1 amide bonds. The van der Waals surface area contributed by atoms with Gasteiger partial charge in [-0.3, -0.25) is 4.79 Å². The predicted octanol–water partition coefficient (Wildman–Crippen LogP) is 1.22. The van der Waals surface area contributed by atoms with Crippen LogP contribution in [0.1, 0.15) is 5.56 Å². The molecule has 0 aliphatic carbocycles. The molecule has 2 aromatic rings. The number of piperazine rings is 1. The third kappa shape index (κ3) is 4.42. The fraction of sp³-hybridized carbons (Fsp3) is 0.412. The van der Waals surface area contributed by atoms with E-state index in [9.17, 15) is 4.79 Å². The average molecular weight is 342 g/mol. The summed E-state index contributed by atoms with van der Waals surface area (Å²) in [6, 6.07) is 7.70. The topological polar surface area (TPSA) is 83.5 Å². The zero-order valence-electron chi connectivity index (χ0n) is 14.5.